The Hall–Kier alpha value is -1.72. The van der Waals surface area contributed by atoms with Gasteiger partial charge >= 0.3 is 0 Å². The van der Waals surface area contributed by atoms with E-state index in [1.807, 2.05) is 31.2 Å². The van der Waals surface area contributed by atoms with E-state index in [0.29, 0.717) is 25.2 Å². The molecular weight excluding hydrogens is 272 g/mol. The highest BCUT2D eigenvalue weighted by atomic mass is 32.1. The molecular formula is C15H16N2O2S. The normalized spacial score (nSPS) is 18.5. The second-order valence-corrected chi connectivity index (χ2v) is 5.90. The number of β-amino-alcohol motifs (C(OH)–C–C–N with tert-alkyl or cyclic N) is 1. The molecule has 20 heavy (non-hydrogen) atoms. The summed E-state index contributed by atoms with van der Waals surface area (Å²) in [6.45, 7) is 3.06. The molecule has 0 spiro atoms. The van der Waals surface area contributed by atoms with Gasteiger partial charge in [-0.05, 0) is 18.9 Å². The summed E-state index contributed by atoms with van der Waals surface area (Å²) >= 11 is 1.48. The number of nitrogens with zero attached hydrogens (tertiary/aromatic N) is 2. The van der Waals surface area contributed by atoms with E-state index in [9.17, 15) is 9.90 Å². The third-order valence-electron chi connectivity index (χ3n) is 3.55. The molecule has 1 N–H and O–H groups in total. The van der Waals surface area contributed by atoms with Crippen LogP contribution in [0.15, 0.2) is 29.6 Å². The summed E-state index contributed by atoms with van der Waals surface area (Å²) in [6.07, 6.45) is 0.258. The van der Waals surface area contributed by atoms with Gasteiger partial charge in [0.15, 0.2) is 0 Å². The van der Waals surface area contributed by atoms with E-state index in [1.165, 1.54) is 11.3 Å². The van der Waals surface area contributed by atoms with Gasteiger partial charge in [-0.3, -0.25) is 4.79 Å². The van der Waals surface area contributed by atoms with Crippen LogP contribution in [-0.2, 0) is 0 Å². The number of amides is 1. The van der Waals surface area contributed by atoms with E-state index in [4.69, 9.17) is 0 Å². The van der Waals surface area contributed by atoms with Gasteiger partial charge in [0, 0.05) is 24.0 Å². The van der Waals surface area contributed by atoms with Crippen molar-refractivity contribution in [2.45, 2.75) is 19.4 Å². The fraction of sp³-hybridized carbons (Fsp3) is 0.333. The van der Waals surface area contributed by atoms with Gasteiger partial charge in [-0.25, -0.2) is 4.98 Å². The number of aliphatic hydroxyl groups excluding tert-OH is 1. The lowest BCUT2D eigenvalue weighted by atomic mass is 10.1. The molecule has 0 bridgehead atoms. The Kier molecular flexibility index (Phi) is 3.54. The number of aliphatic hydroxyl groups is 1. The van der Waals surface area contributed by atoms with Crippen molar-refractivity contribution in [3.63, 3.8) is 0 Å². The van der Waals surface area contributed by atoms with Gasteiger partial charge in [-0.1, -0.05) is 24.3 Å². The highest BCUT2D eigenvalue weighted by molar-refractivity contribution is 7.13. The second-order valence-electron chi connectivity index (χ2n) is 5.05. The van der Waals surface area contributed by atoms with Crippen LogP contribution in [0, 0.1) is 6.92 Å². The Bertz CT molecular complexity index is 638. The molecule has 1 saturated heterocycles. The van der Waals surface area contributed by atoms with E-state index in [2.05, 4.69) is 4.98 Å². The maximum atomic E-state index is 12.3. The molecule has 4 nitrogen and oxygen atoms in total. The number of hydrogen-bond donors (Lipinski definition) is 1. The summed E-state index contributed by atoms with van der Waals surface area (Å²) < 4.78 is 0. The van der Waals surface area contributed by atoms with Crippen molar-refractivity contribution < 1.29 is 9.90 Å². The fourth-order valence-corrected chi connectivity index (χ4v) is 3.28. The zero-order valence-electron chi connectivity index (χ0n) is 11.2. The number of likely N-dealkylation sites (tertiary alicyclic amines) is 1. The molecule has 1 atom stereocenters. The maximum Gasteiger partial charge on any atom is 0.273 e. The number of thiazole rings is 1. The quantitative estimate of drug-likeness (QED) is 0.922. The molecule has 0 saturated carbocycles. The Labute approximate surface area is 121 Å². The molecule has 0 aliphatic carbocycles. The second kappa shape index (κ2) is 5.34. The molecule has 3 rings (SSSR count). The Balaban J connectivity index is 1.84. The lowest BCUT2D eigenvalue weighted by Crippen LogP contribution is -2.29. The van der Waals surface area contributed by atoms with Crippen molar-refractivity contribution >= 4 is 17.2 Å². The number of aryl methyl sites for hydroxylation is 1. The molecule has 1 fully saturated rings. The van der Waals surface area contributed by atoms with Gasteiger partial charge in [-0.2, -0.15) is 0 Å². The fourth-order valence-electron chi connectivity index (χ4n) is 2.40. The highest BCUT2D eigenvalue weighted by Crippen LogP contribution is 2.27. The monoisotopic (exact) mass is 288 g/mol. The molecule has 5 heteroatoms. The van der Waals surface area contributed by atoms with Crippen LogP contribution in [0.25, 0.3) is 10.6 Å². The van der Waals surface area contributed by atoms with Crippen molar-refractivity contribution in [2.75, 3.05) is 13.1 Å². The molecule has 0 unspecified atom stereocenters. The molecule has 104 valence electrons. The minimum Gasteiger partial charge on any atom is -0.391 e. The molecule has 1 aromatic carbocycles. The van der Waals surface area contributed by atoms with Crippen molar-refractivity contribution in [3.05, 3.63) is 40.9 Å². The van der Waals surface area contributed by atoms with Crippen LogP contribution in [0.5, 0.6) is 0 Å². The molecule has 1 aliphatic rings. The van der Waals surface area contributed by atoms with Crippen LogP contribution in [0.1, 0.15) is 22.5 Å². The Morgan fingerprint density at radius 1 is 1.45 bits per heavy atom. The van der Waals surface area contributed by atoms with Gasteiger partial charge in [0.1, 0.15) is 10.7 Å². The first-order chi connectivity index (χ1) is 9.65. The minimum atomic E-state index is -0.395. The summed E-state index contributed by atoms with van der Waals surface area (Å²) in [5, 5.41) is 12.2. The summed E-state index contributed by atoms with van der Waals surface area (Å²) in [4.78, 5) is 18.4. The van der Waals surface area contributed by atoms with E-state index >= 15 is 0 Å². The Morgan fingerprint density at radius 2 is 2.25 bits per heavy atom. The number of rotatable bonds is 2. The average molecular weight is 288 g/mol. The maximum absolute atomic E-state index is 12.3. The van der Waals surface area contributed by atoms with Crippen molar-refractivity contribution in [3.8, 4) is 10.6 Å². The lowest BCUT2D eigenvalue weighted by molar-refractivity contribution is 0.0760. The highest BCUT2D eigenvalue weighted by Gasteiger charge is 2.26. The minimum absolute atomic E-state index is 0.0855. The topological polar surface area (TPSA) is 53.4 Å². The van der Waals surface area contributed by atoms with Crippen molar-refractivity contribution in [1.82, 2.24) is 9.88 Å². The smallest absolute Gasteiger partial charge is 0.273 e. The largest absolute Gasteiger partial charge is 0.391 e. The van der Waals surface area contributed by atoms with Crippen LogP contribution >= 0.6 is 11.3 Å². The number of hydrogen-bond acceptors (Lipinski definition) is 4. The summed E-state index contributed by atoms with van der Waals surface area (Å²) in [6, 6.07) is 8.02. The van der Waals surface area contributed by atoms with Gasteiger partial charge in [0.25, 0.3) is 5.91 Å². The molecule has 1 aliphatic heterocycles. The van der Waals surface area contributed by atoms with Crippen molar-refractivity contribution in [1.29, 1.82) is 0 Å². The van der Waals surface area contributed by atoms with Crippen molar-refractivity contribution in [2.24, 2.45) is 0 Å². The number of benzene rings is 1. The summed E-state index contributed by atoms with van der Waals surface area (Å²) in [7, 11) is 0. The van der Waals surface area contributed by atoms with Gasteiger partial charge < -0.3 is 10.0 Å². The molecule has 0 radical (unpaired) electrons. The predicted molar refractivity (Wildman–Crippen MR) is 78.8 cm³/mol. The average Bonchev–Trinajstić information content (AvgIpc) is 3.07. The first kappa shape index (κ1) is 13.3. The van der Waals surface area contributed by atoms with E-state index in [0.717, 1.165) is 16.1 Å². The van der Waals surface area contributed by atoms with Gasteiger partial charge in [0.2, 0.25) is 0 Å². The third-order valence-corrected chi connectivity index (χ3v) is 4.42. The SMILES string of the molecule is Cc1ccccc1-c1nc(C(=O)N2CC[C@@H](O)C2)cs1. The molecule has 1 aromatic heterocycles. The van der Waals surface area contributed by atoms with E-state index in [1.54, 1.807) is 10.3 Å². The van der Waals surface area contributed by atoms with Crippen LogP contribution in [-0.4, -0.2) is 40.1 Å². The first-order valence-corrected chi connectivity index (χ1v) is 7.52. The number of carbonyl (C=O) groups is 1. The summed E-state index contributed by atoms with van der Waals surface area (Å²) in [5.74, 6) is -0.0855. The van der Waals surface area contributed by atoms with Gasteiger partial charge in [-0.15, -0.1) is 11.3 Å². The number of carbonyl (C=O) groups excluding carboxylic acids is 1. The zero-order chi connectivity index (χ0) is 14.1. The van der Waals surface area contributed by atoms with Crippen LogP contribution in [0.3, 0.4) is 0 Å². The van der Waals surface area contributed by atoms with E-state index in [-0.39, 0.29) is 5.91 Å². The first-order valence-electron chi connectivity index (χ1n) is 6.64. The number of aromatic nitrogens is 1. The standard InChI is InChI=1S/C15H16N2O2S/c1-10-4-2-3-5-12(10)14-16-13(9-20-14)15(19)17-7-6-11(18)8-17/h2-5,9,11,18H,6-8H2,1H3/t11-/m1/s1. The van der Waals surface area contributed by atoms with E-state index < -0.39 is 6.10 Å². The molecule has 1 amide bonds. The van der Waals surface area contributed by atoms with Crippen LogP contribution in [0.2, 0.25) is 0 Å². The lowest BCUT2D eigenvalue weighted by Gasteiger charge is -2.13. The summed E-state index contributed by atoms with van der Waals surface area (Å²) in [5.41, 5.74) is 2.69. The molecule has 2 heterocycles. The van der Waals surface area contributed by atoms with Crippen LogP contribution < -0.4 is 0 Å². The molecule has 2 aromatic rings. The Morgan fingerprint density at radius 3 is 2.95 bits per heavy atom. The zero-order valence-corrected chi connectivity index (χ0v) is 12.1. The predicted octanol–water partition coefficient (Wildman–Crippen LogP) is 2.33. The van der Waals surface area contributed by atoms with Gasteiger partial charge in [0.05, 0.1) is 6.10 Å². The van der Waals surface area contributed by atoms with Crippen LogP contribution in [0.4, 0.5) is 0 Å². The third kappa shape index (κ3) is 2.46.